The molecule has 0 fully saturated rings. The molecule has 2 N–H and O–H groups in total. The summed E-state index contributed by atoms with van der Waals surface area (Å²) in [5.74, 6) is 1.59. The SMILES string of the molecule is CCNc1cc(Nc2cccc(Br)c2)ncn1. The van der Waals surface area contributed by atoms with Gasteiger partial charge in [0.05, 0.1) is 0 Å². The molecule has 1 aromatic heterocycles. The number of rotatable bonds is 4. The molecule has 0 aliphatic carbocycles. The van der Waals surface area contributed by atoms with Crippen LogP contribution in [0.1, 0.15) is 6.92 Å². The zero-order valence-electron chi connectivity index (χ0n) is 9.44. The first-order valence-electron chi connectivity index (χ1n) is 5.36. The monoisotopic (exact) mass is 292 g/mol. The lowest BCUT2D eigenvalue weighted by Crippen LogP contribution is -2.01. The van der Waals surface area contributed by atoms with Crippen LogP contribution in [-0.4, -0.2) is 16.5 Å². The minimum absolute atomic E-state index is 0.772. The number of anilines is 3. The summed E-state index contributed by atoms with van der Waals surface area (Å²) in [5.41, 5.74) is 0.987. The lowest BCUT2D eigenvalue weighted by atomic mass is 10.3. The molecule has 1 heterocycles. The third-order valence-electron chi connectivity index (χ3n) is 2.12. The summed E-state index contributed by atoms with van der Waals surface area (Å²) in [6.45, 7) is 2.87. The predicted octanol–water partition coefficient (Wildman–Crippen LogP) is 3.41. The third-order valence-corrected chi connectivity index (χ3v) is 2.62. The molecule has 0 radical (unpaired) electrons. The number of hydrogen-bond donors (Lipinski definition) is 2. The molecule has 0 saturated carbocycles. The molecular weight excluding hydrogens is 280 g/mol. The van der Waals surface area contributed by atoms with Gasteiger partial charge in [-0.25, -0.2) is 9.97 Å². The number of nitrogens with zero attached hydrogens (tertiary/aromatic N) is 2. The van der Waals surface area contributed by atoms with Crippen molar-refractivity contribution in [2.45, 2.75) is 6.92 Å². The van der Waals surface area contributed by atoms with Gasteiger partial charge in [-0.2, -0.15) is 0 Å². The first kappa shape index (κ1) is 11.9. The molecule has 4 nitrogen and oxygen atoms in total. The molecule has 0 spiro atoms. The van der Waals surface area contributed by atoms with Crippen molar-refractivity contribution in [3.8, 4) is 0 Å². The average Bonchev–Trinajstić information content (AvgIpc) is 2.30. The molecule has 1 aromatic carbocycles. The smallest absolute Gasteiger partial charge is 0.135 e. The molecule has 2 aromatic rings. The van der Waals surface area contributed by atoms with Gasteiger partial charge >= 0.3 is 0 Å². The van der Waals surface area contributed by atoms with E-state index < -0.39 is 0 Å². The van der Waals surface area contributed by atoms with Crippen LogP contribution < -0.4 is 10.6 Å². The van der Waals surface area contributed by atoms with E-state index in [4.69, 9.17) is 0 Å². The van der Waals surface area contributed by atoms with Gasteiger partial charge in [0.1, 0.15) is 18.0 Å². The van der Waals surface area contributed by atoms with Crippen LogP contribution in [0.5, 0.6) is 0 Å². The van der Waals surface area contributed by atoms with Crippen LogP contribution in [0.4, 0.5) is 17.3 Å². The molecule has 0 amide bonds. The Morgan fingerprint density at radius 1 is 1.18 bits per heavy atom. The van der Waals surface area contributed by atoms with E-state index in [1.54, 1.807) is 0 Å². The van der Waals surface area contributed by atoms with Crippen molar-refractivity contribution in [1.82, 2.24) is 9.97 Å². The molecule has 2 rings (SSSR count). The van der Waals surface area contributed by atoms with Crippen LogP contribution in [0.2, 0.25) is 0 Å². The van der Waals surface area contributed by atoms with Gasteiger partial charge in [0.2, 0.25) is 0 Å². The van der Waals surface area contributed by atoms with Crippen LogP contribution in [0.3, 0.4) is 0 Å². The van der Waals surface area contributed by atoms with Gasteiger partial charge in [-0.3, -0.25) is 0 Å². The predicted molar refractivity (Wildman–Crippen MR) is 73.6 cm³/mol. The second kappa shape index (κ2) is 5.63. The fraction of sp³-hybridized carbons (Fsp3) is 0.167. The molecule has 0 aliphatic heterocycles. The number of nitrogens with one attached hydrogen (secondary N) is 2. The van der Waals surface area contributed by atoms with Crippen LogP contribution in [0.25, 0.3) is 0 Å². The van der Waals surface area contributed by atoms with E-state index in [1.807, 2.05) is 37.3 Å². The van der Waals surface area contributed by atoms with Crippen LogP contribution >= 0.6 is 15.9 Å². The Kier molecular flexibility index (Phi) is 3.93. The van der Waals surface area contributed by atoms with E-state index in [0.29, 0.717) is 0 Å². The maximum Gasteiger partial charge on any atom is 0.135 e. The standard InChI is InChI=1S/C12H13BrN4/c1-2-14-11-7-12(16-8-15-11)17-10-5-3-4-9(13)6-10/h3-8H,2H2,1H3,(H2,14,15,16,17). The molecule has 0 atom stereocenters. The summed E-state index contributed by atoms with van der Waals surface area (Å²) < 4.78 is 1.03. The highest BCUT2D eigenvalue weighted by atomic mass is 79.9. The minimum atomic E-state index is 0.772. The fourth-order valence-corrected chi connectivity index (χ4v) is 1.82. The van der Waals surface area contributed by atoms with Crippen molar-refractivity contribution in [3.05, 3.63) is 41.1 Å². The molecule has 5 heteroatoms. The summed E-state index contributed by atoms with van der Waals surface area (Å²) in [5, 5.41) is 6.37. The number of aromatic nitrogens is 2. The first-order valence-corrected chi connectivity index (χ1v) is 6.15. The van der Waals surface area contributed by atoms with Crippen molar-refractivity contribution in [3.63, 3.8) is 0 Å². The summed E-state index contributed by atoms with van der Waals surface area (Å²) in [6.07, 6.45) is 1.54. The van der Waals surface area contributed by atoms with E-state index in [1.165, 1.54) is 6.33 Å². The lowest BCUT2D eigenvalue weighted by Gasteiger charge is -2.07. The fourth-order valence-electron chi connectivity index (χ4n) is 1.42. The number of benzene rings is 1. The quantitative estimate of drug-likeness (QED) is 0.907. The topological polar surface area (TPSA) is 49.8 Å². The van der Waals surface area contributed by atoms with Crippen molar-refractivity contribution < 1.29 is 0 Å². The van der Waals surface area contributed by atoms with E-state index in [0.717, 1.165) is 28.3 Å². The van der Waals surface area contributed by atoms with Crippen molar-refractivity contribution in [2.75, 3.05) is 17.2 Å². The van der Waals surface area contributed by atoms with E-state index >= 15 is 0 Å². The molecule has 0 unspecified atom stereocenters. The van der Waals surface area contributed by atoms with E-state index in [-0.39, 0.29) is 0 Å². The average molecular weight is 293 g/mol. The summed E-state index contributed by atoms with van der Waals surface area (Å²) in [4.78, 5) is 8.29. The Bertz CT molecular complexity index is 501. The maximum atomic E-state index is 4.17. The van der Waals surface area contributed by atoms with Crippen molar-refractivity contribution in [1.29, 1.82) is 0 Å². The molecule has 88 valence electrons. The van der Waals surface area contributed by atoms with Crippen LogP contribution in [-0.2, 0) is 0 Å². The Morgan fingerprint density at radius 2 is 2.00 bits per heavy atom. The zero-order valence-corrected chi connectivity index (χ0v) is 11.0. The van der Waals surface area contributed by atoms with E-state index in [2.05, 4.69) is 36.5 Å². The van der Waals surface area contributed by atoms with Gasteiger partial charge in [0.25, 0.3) is 0 Å². The highest BCUT2D eigenvalue weighted by Gasteiger charge is 1.99. The molecule has 0 bridgehead atoms. The molecule has 0 aliphatic rings. The lowest BCUT2D eigenvalue weighted by molar-refractivity contribution is 1.11. The highest BCUT2D eigenvalue weighted by Crippen LogP contribution is 2.19. The third kappa shape index (κ3) is 3.42. The first-order chi connectivity index (χ1) is 8.28. The van der Waals surface area contributed by atoms with Gasteiger partial charge in [-0.15, -0.1) is 0 Å². The van der Waals surface area contributed by atoms with Crippen molar-refractivity contribution in [2.24, 2.45) is 0 Å². The van der Waals surface area contributed by atoms with Gasteiger partial charge < -0.3 is 10.6 Å². The van der Waals surface area contributed by atoms with Gasteiger partial charge in [-0.1, -0.05) is 22.0 Å². The van der Waals surface area contributed by atoms with Crippen LogP contribution in [0, 0.1) is 0 Å². The number of halogens is 1. The van der Waals surface area contributed by atoms with Crippen molar-refractivity contribution >= 4 is 33.3 Å². The molecule has 0 saturated heterocycles. The summed E-state index contributed by atoms with van der Waals surface area (Å²) in [6, 6.07) is 9.81. The maximum absolute atomic E-state index is 4.17. The second-order valence-electron chi connectivity index (χ2n) is 3.45. The molecular formula is C12H13BrN4. The largest absolute Gasteiger partial charge is 0.370 e. The normalized spacial score (nSPS) is 10.0. The number of hydrogen-bond acceptors (Lipinski definition) is 4. The summed E-state index contributed by atoms with van der Waals surface area (Å²) in [7, 11) is 0. The molecule has 17 heavy (non-hydrogen) atoms. The van der Waals surface area contributed by atoms with Crippen LogP contribution in [0.15, 0.2) is 41.1 Å². The Morgan fingerprint density at radius 3 is 2.76 bits per heavy atom. The van der Waals surface area contributed by atoms with E-state index in [9.17, 15) is 0 Å². The Labute approximate surface area is 109 Å². The van der Waals surface area contributed by atoms with Gasteiger partial charge in [-0.05, 0) is 25.1 Å². The minimum Gasteiger partial charge on any atom is -0.370 e. The zero-order chi connectivity index (χ0) is 12.1. The summed E-state index contributed by atoms with van der Waals surface area (Å²) >= 11 is 3.43. The Hall–Kier alpha value is -1.62. The second-order valence-corrected chi connectivity index (χ2v) is 4.37. The van der Waals surface area contributed by atoms with Gasteiger partial charge in [0, 0.05) is 22.8 Å². The Balaban J connectivity index is 2.15. The van der Waals surface area contributed by atoms with Gasteiger partial charge in [0.15, 0.2) is 0 Å². The highest BCUT2D eigenvalue weighted by molar-refractivity contribution is 9.10.